The molecular formula is C22H15NO3. The molecule has 3 aromatic carbocycles. The lowest BCUT2D eigenvalue weighted by atomic mass is 9.82. The number of hydrogen-bond donors (Lipinski definition) is 0. The standard InChI is InChI=1S/C22H15NO3/c1-25-18-10-15-17(11-19(18)26-2)23-16-9-5-8-14-21(16)20(15)12-6-3-4-7-13(12)22(14)24/h3-11H,1-2H3. The second-order valence-electron chi connectivity index (χ2n) is 6.29. The number of carbonyl (C=O) groups excluding carboxylic acids is 1. The normalized spacial score (nSPS) is 12.3. The predicted molar refractivity (Wildman–Crippen MR) is 101 cm³/mol. The summed E-state index contributed by atoms with van der Waals surface area (Å²) in [5.41, 5.74) is 4.99. The van der Waals surface area contributed by atoms with Gasteiger partial charge in [0.2, 0.25) is 0 Å². The van der Waals surface area contributed by atoms with E-state index in [0.717, 1.165) is 38.5 Å². The number of methoxy groups -OCH3 is 2. The van der Waals surface area contributed by atoms with Crippen molar-refractivity contribution >= 4 is 27.6 Å². The molecule has 4 heteroatoms. The highest BCUT2D eigenvalue weighted by Gasteiger charge is 2.27. The molecule has 126 valence electrons. The van der Waals surface area contributed by atoms with E-state index < -0.39 is 0 Å². The quantitative estimate of drug-likeness (QED) is 0.440. The van der Waals surface area contributed by atoms with E-state index in [1.165, 1.54) is 0 Å². The summed E-state index contributed by atoms with van der Waals surface area (Å²) >= 11 is 0. The smallest absolute Gasteiger partial charge is 0.194 e. The van der Waals surface area contributed by atoms with E-state index in [2.05, 4.69) is 0 Å². The van der Waals surface area contributed by atoms with Gasteiger partial charge in [0.05, 0.1) is 25.3 Å². The first-order valence-electron chi connectivity index (χ1n) is 8.35. The Kier molecular flexibility index (Phi) is 3.04. The SMILES string of the molecule is COc1cc2nc3cccc4c3c(c2cc1OC)-c1ccccc1C4=O. The summed E-state index contributed by atoms with van der Waals surface area (Å²) in [6.45, 7) is 0. The lowest BCUT2D eigenvalue weighted by molar-refractivity contribution is 0.104. The van der Waals surface area contributed by atoms with Crippen molar-refractivity contribution in [3.05, 3.63) is 65.7 Å². The minimum absolute atomic E-state index is 0.0420. The Bertz CT molecular complexity index is 1230. The van der Waals surface area contributed by atoms with Crippen molar-refractivity contribution in [3.8, 4) is 22.6 Å². The Morgan fingerprint density at radius 1 is 0.769 bits per heavy atom. The molecule has 0 atom stereocenters. The fraction of sp³-hybridized carbons (Fsp3) is 0.0909. The van der Waals surface area contributed by atoms with Crippen LogP contribution in [-0.2, 0) is 0 Å². The van der Waals surface area contributed by atoms with E-state index in [-0.39, 0.29) is 5.78 Å². The maximum absolute atomic E-state index is 13.0. The van der Waals surface area contributed by atoms with E-state index >= 15 is 0 Å². The molecule has 0 bridgehead atoms. The van der Waals surface area contributed by atoms with Crippen LogP contribution in [-0.4, -0.2) is 25.0 Å². The third-order valence-corrected chi connectivity index (χ3v) is 4.99. The number of ketones is 1. The lowest BCUT2D eigenvalue weighted by Gasteiger charge is -2.21. The average Bonchev–Trinajstić information content (AvgIpc) is 2.69. The van der Waals surface area contributed by atoms with Crippen molar-refractivity contribution in [2.45, 2.75) is 0 Å². The number of aromatic nitrogens is 1. The highest BCUT2D eigenvalue weighted by Crippen LogP contribution is 2.45. The number of hydrogen-bond acceptors (Lipinski definition) is 4. The van der Waals surface area contributed by atoms with Gasteiger partial charge in [0, 0.05) is 33.5 Å². The van der Waals surface area contributed by atoms with Crippen molar-refractivity contribution in [1.82, 2.24) is 4.98 Å². The summed E-state index contributed by atoms with van der Waals surface area (Å²) in [5, 5.41) is 1.85. The van der Waals surface area contributed by atoms with E-state index in [9.17, 15) is 4.79 Å². The van der Waals surface area contributed by atoms with Crippen LogP contribution in [0.4, 0.5) is 0 Å². The minimum atomic E-state index is 0.0420. The van der Waals surface area contributed by atoms with Gasteiger partial charge in [0.1, 0.15) is 0 Å². The molecule has 0 saturated carbocycles. The second kappa shape index (κ2) is 5.30. The van der Waals surface area contributed by atoms with Crippen LogP contribution in [0.2, 0.25) is 0 Å². The Hall–Kier alpha value is -3.40. The van der Waals surface area contributed by atoms with Gasteiger partial charge in [-0.3, -0.25) is 4.79 Å². The first-order chi connectivity index (χ1) is 12.7. The van der Waals surface area contributed by atoms with Gasteiger partial charge in [-0.1, -0.05) is 36.4 Å². The number of nitrogens with zero attached hydrogens (tertiary/aromatic N) is 1. The average molecular weight is 341 g/mol. The molecule has 0 spiro atoms. The number of ether oxygens (including phenoxy) is 2. The molecule has 1 aliphatic carbocycles. The molecule has 4 aromatic rings. The van der Waals surface area contributed by atoms with Crippen molar-refractivity contribution in [2.24, 2.45) is 0 Å². The zero-order chi connectivity index (χ0) is 17.8. The Morgan fingerprint density at radius 2 is 1.46 bits per heavy atom. The first-order valence-corrected chi connectivity index (χ1v) is 8.35. The molecule has 0 fully saturated rings. The number of pyridine rings is 1. The summed E-state index contributed by atoms with van der Waals surface area (Å²) < 4.78 is 10.9. The van der Waals surface area contributed by atoms with Gasteiger partial charge in [-0.05, 0) is 17.7 Å². The molecule has 0 aliphatic heterocycles. The largest absolute Gasteiger partial charge is 0.493 e. The summed E-state index contributed by atoms with van der Waals surface area (Å²) in [4.78, 5) is 17.8. The molecule has 1 aliphatic rings. The van der Waals surface area contributed by atoms with E-state index in [1.54, 1.807) is 14.2 Å². The summed E-state index contributed by atoms with van der Waals surface area (Å²) in [6.07, 6.45) is 0. The number of carbonyl (C=O) groups is 1. The van der Waals surface area contributed by atoms with Crippen LogP contribution in [0.5, 0.6) is 11.5 Å². The second-order valence-corrected chi connectivity index (χ2v) is 6.29. The topological polar surface area (TPSA) is 48.4 Å². The van der Waals surface area contributed by atoms with Crippen LogP contribution in [0.3, 0.4) is 0 Å². The summed E-state index contributed by atoms with van der Waals surface area (Å²) in [5.74, 6) is 1.32. The molecule has 0 N–H and O–H groups in total. The van der Waals surface area contributed by atoms with Gasteiger partial charge >= 0.3 is 0 Å². The van der Waals surface area contributed by atoms with Crippen LogP contribution >= 0.6 is 0 Å². The van der Waals surface area contributed by atoms with Crippen molar-refractivity contribution in [3.63, 3.8) is 0 Å². The van der Waals surface area contributed by atoms with E-state index in [4.69, 9.17) is 14.5 Å². The molecule has 0 radical (unpaired) electrons. The summed E-state index contributed by atoms with van der Waals surface area (Å²) in [7, 11) is 3.23. The van der Waals surface area contributed by atoms with Crippen LogP contribution in [0.15, 0.2) is 54.6 Å². The van der Waals surface area contributed by atoms with Crippen LogP contribution in [0, 0.1) is 0 Å². The van der Waals surface area contributed by atoms with Gasteiger partial charge in [0.25, 0.3) is 0 Å². The van der Waals surface area contributed by atoms with E-state index in [0.29, 0.717) is 17.1 Å². The highest BCUT2D eigenvalue weighted by molar-refractivity contribution is 6.28. The number of fused-ring (bicyclic) bond motifs is 4. The summed E-state index contributed by atoms with van der Waals surface area (Å²) in [6, 6.07) is 17.3. The lowest BCUT2D eigenvalue weighted by Crippen LogP contribution is -2.10. The molecule has 0 saturated heterocycles. The molecule has 0 unspecified atom stereocenters. The highest BCUT2D eigenvalue weighted by atomic mass is 16.5. The third kappa shape index (κ3) is 1.84. The molecule has 4 nitrogen and oxygen atoms in total. The van der Waals surface area contributed by atoms with E-state index in [1.807, 2.05) is 54.6 Å². The number of benzene rings is 3. The predicted octanol–water partition coefficient (Wildman–Crippen LogP) is 4.62. The zero-order valence-electron chi connectivity index (χ0n) is 14.4. The fourth-order valence-electron chi connectivity index (χ4n) is 3.83. The molecule has 0 amide bonds. The molecular weight excluding hydrogens is 326 g/mol. The fourth-order valence-corrected chi connectivity index (χ4v) is 3.83. The molecule has 1 aromatic heterocycles. The zero-order valence-corrected chi connectivity index (χ0v) is 14.4. The van der Waals surface area contributed by atoms with Gasteiger partial charge < -0.3 is 9.47 Å². The van der Waals surface area contributed by atoms with Crippen molar-refractivity contribution in [1.29, 1.82) is 0 Å². The maximum atomic E-state index is 13.0. The minimum Gasteiger partial charge on any atom is -0.493 e. The molecule has 5 rings (SSSR count). The Morgan fingerprint density at radius 3 is 2.23 bits per heavy atom. The number of rotatable bonds is 2. The first kappa shape index (κ1) is 14.9. The van der Waals surface area contributed by atoms with Crippen LogP contribution in [0.1, 0.15) is 15.9 Å². The van der Waals surface area contributed by atoms with Gasteiger partial charge in [-0.15, -0.1) is 0 Å². The van der Waals surface area contributed by atoms with Gasteiger partial charge in [0.15, 0.2) is 17.3 Å². The van der Waals surface area contributed by atoms with Gasteiger partial charge in [-0.25, -0.2) is 4.98 Å². The monoisotopic (exact) mass is 341 g/mol. The Balaban J connectivity index is 2.05. The molecule has 1 heterocycles. The Labute approximate surface area is 150 Å². The third-order valence-electron chi connectivity index (χ3n) is 4.99. The molecule has 26 heavy (non-hydrogen) atoms. The van der Waals surface area contributed by atoms with Gasteiger partial charge in [-0.2, -0.15) is 0 Å². The maximum Gasteiger partial charge on any atom is 0.194 e. The van der Waals surface area contributed by atoms with Crippen LogP contribution < -0.4 is 9.47 Å². The van der Waals surface area contributed by atoms with Crippen molar-refractivity contribution in [2.75, 3.05) is 14.2 Å². The van der Waals surface area contributed by atoms with Crippen LogP contribution in [0.25, 0.3) is 32.9 Å². The van der Waals surface area contributed by atoms with Crippen molar-refractivity contribution < 1.29 is 14.3 Å².